The van der Waals surface area contributed by atoms with E-state index in [-0.39, 0.29) is 5.54 Å². The Morgan fingerprint density at radius 1 is 1.37 bits per heavy atom. The van der Waals surface area contributed by atoms with Crippen LogP contribution in [-0.2, 0) is 9.47 Å². The van der Waals surface area contributed by atoms with Crippen LogP contribution in [0.2, 0.25) is 0 Å². The quantitative estimate of drug-likeness (QED) is 0.768. The van der Waals surface area contributed by atoms with E-state index in [0.717, 1.165) is 32.6 Å². The molecule has 0 aromatic rings. The molecular formula is C15H32N2O2. The van der Waals surface area contributed by atoms with Gasteiger partial charge in [-0.05, 0) is 39.7 Å². The Morgan fingerprint density at radius 2 is 2.05 bits per heavy atom. The SMILES string of the molecule is CC(C)OCCN(C)C1(CN)CCOC(C(C)C)C1. The molecule has 0 aliphatic carbocycles. The molecule has 4 nitrogen and oxygen atoms in total. The molecule has 2 atom stereocenters. The summed E-state index contributed by atoms with van der Waals surface area (Å²) < 4.78 is 11.5. The minimum Gasteiger partial charge on any atom is -0.378 e. The van der Waals surface area contributed by atoms with Gasteiger partial charge < -0.3 is 15.2 Å². The van der Waals surface area contributed by atoms with Gasteiger partial charge in [-0.2, -0.15) is 0 Å². The fraction of sp³-hybridized carbons (Fsp3) is 1.00. The van der Waals surface area contributed by atoms with Gasteiger partial charge in [0.15, 0.2) is 0 Å². The molecule has 1 heterocycles. The maximum Gasteiger partial charge on any atom is 0.0616 e. The number of hydrogen-bond acceptors (Lipinski definition) is 4. The molecule has 1 aliphatic rings. The molecule has 4 heteroatoms. The van der Waals surface area contributed by atoms with Crippen molar-refractivity contribution in [3.8, 4) is 0 Å². The van der Waals surface area contributed by atoms with E-state index < -0.39 is 0 Å². The van der Waals surface area contributed by atoms with E-state index in [4.69, 9.17) is 15.2 Å². The molecule has 1 aliphatic heterocycles. The maximum absolute atomic E-state index is 6.10. The van der Waals surface area contributed by atoms with Crippen molar-refractivity contribution in [2.45, 2.75) is 58.3 Å². The van der Waals surface area contributed by atoms with Crippen LogP contribution in [0.3, 0.4) is 0 Å². The lowest BCUT2D eigenvalue weighted by Crippen LogP contribution is -2.58. The van der Waals surface area contributed by atoms with Crippen LogP contribution in [0.1, 0.15) is 40.5 Å². The fourth-order valence-electron chi connectivity index (χ4n) is 2.71. The smallest absolute Gasteiger partial charge is 0.0616 e. The van der Waals surface area contributed by atoms with Crippen molar-refractivity contribution < 1.29 is 9.47 Å². The summed E-state index contributed by atoms with van der Waals surface area (Å²) in [5, 5.41) is 0. The number of nitrogens with two attached hydrogens (primary N) is 1. The van der Waals surface area contributed by atoms with E-state index in [1.807, 2.05) is 0 Å². The van der Waals surface area contributed by atoms with Crippen LogP contribution in [0.25, 0.3) is 0 Å². The summed E-state index contributed by atoms with van der Waals surface area (Å²) in [5.74, 6) is 0.548. The second-order valence-corrected chi connectivity index (χ2v) is 6.38. The van der Waals surface area contributed by atoms with Crippen LogP contribution in [0, 0.1) is 5.92 Å². The molecule has 1 fully saturated rings. The minimum absolute atomic E-state index is 0.0769. The first kappa shape index (κ1) is 16.9. The molecular weight excluding hydrogens is 240 g/mol. The zero-order valence-electron chi connectivity index (χ0n) is 13.3. The van der Waals surface area contributed by atoms with Gasteiger partial charge in [0.2, 0.25) is 0 Å². The normalized spacial score (nSPS) is 28.6. The van der Waals surface area contributed by atoms with Crippen molar-refractivity contribution in [3.63, 3.8) is 0 Å². The minimum atomic E-state index is 0.0769. The maximum atomic E-state index is 6.10. The molecule has 0 saturated carbocycles. The molecule has 19 heavy (non-hydrogen) atoms. The largest absolute Gasteiger partial charge is 0.378 e. The van der Waals surface area contributed by atoms with E-state index in [2.05, 4.69) is 39.6 Å². The summed E-state index contributed by atoms with van der Waals surface area (Å²) in [5.41, 5.74) is 6.17. The van der Waals surface area contributed by atoms with Gasteiger partial charge in [0.1, 0.15) is 0 Å². The second-order valence-electron chi connectivity index (χ2n) is 6.38. The molecule has 0 bridgehead atoms. The van der Waals surface area contributed by atoms with Crippen LogP contribution >= 0.6 is 0 Å². The molecule has 1 saturated heterocycles. The summed E-state index contributed by atoms with van der Waals surface area (Å²) >= 11 is 0. The first-order chi connectivity index (χ1) is 8.91. The van der Waals surface area contributed by atoms with E-state index in [0.29, 0.717) is 24.7 Å². The molecule has 0 amide bonds. The Kier molecular flexibility index (Phi) is 6.74. The van der Waals surface area contributed by atoms with Crippen molar-refractivity contribution in [2.24, 2.45) is 11.7 Å². The number of rotatable bonds is 7. The second kappa shape index (κ2) is 7.58. The first-order valence-electron chi connectivity index (χ1n) is 7.56. The summed E-state index contributed by atoms with van der Waals surface area (Å²) in [6, 6.07) is 0. The van der Waals surface area contributed by atoms with Gasteiger partial charge in [-0.15, -0.1) is 0 Å². The predicted octanol–water partition coefficient (Wildman–Crippen LogP) is 1.88. The number of ether oxygens (including phenoxy) is 2. The number of nitrogens with zero attached hydrogens (tertiary/aromatic N) is 1. The highest BCUT2D eigenvalue weighted by Crippen LogP contribution is 2.32. The Hall–Kier alpha value is -0.160. The zero-order valence-corrected chi connectivity index (χ0v) is 13.3. The van der Waals surface area contributed by atoms with Crippen LogP contribution in [0.4, 0.5) is 0 Å². The van der Waals surface area contributed by atoms with Crippen LogP contribution in [0.5, 0.6) is 0 Å². The zero-order chi connectivity index (χ0) is 14.5. The van der Waals surface area contributed by atoms with E-state index in [9.17, 15) is 0 Å². The van der Waals surface area contributed by atoms with Gasteiger partial charge >= 0.3 is 0 Å². The van der Waals surface area contributed by atoms with Gasteiger partial charge in [0, 0.05) is 25.2 Å². The van der Waals surface area contributed by atoms with Crippen molar-refractivity contribution in [1.29, 1.82) is 0 Å². The molecule has 0 radical (unpaired) electrons. The third-order valence-electron chi connectivity index (χ3n) is 4.29. The first-order valence-corrected chi connectivity index (χ1v) is 7.56. The van der Waals surface area contributed by atoms with Crippen molar-refractivity contribution in [1.82, 2.24) is 4.90 Å². The molecule has 0 aromatic heterocycles. The van der Waals surface area contributed by atoms with Gasteiger partial charge in [-0.1, -0.05) is 13.8 Å². The average molecular weight is 272 g/mol. The van der Waals surface area contributed by atoms with Gasteiger partial charge in [0.05, 0.1) is 18.8 Å². The van der Waals surface area contributed by atoms with Crippen molar-refractivity contribution >= 4 is 0 Å². The van der Waals surface area contributed by atoms with Crippen molar-refractivity contribution in [2.75, 3.05) is 33.4 Å². The van der Waals surface area contributed by atoms with Crippen LogP contribution in [-0.4, -0.2) is 56.0 Å². The van der Waals surface area contributed by atoms with E-state index >= 15 is 0 Å². The Bertz CT molecular complexity index is 259. The summed E-state index contributed by atoms with van der Waals surface area (Å²) in [7, 11) is 2.17. The standard InChI is InChI=1S/C15H32N2O2/c1-12(2)14-10-15(11-16,6-8-19-14)17(5)7-9-18-13(3)4/h12-14H,6-11,16H2,1-5H3. The third-order valence-corrected chi connectivity index (χ3v) is 4.29. The molecule has 2 unspecified atom stereocenters. The lowest BCUT2D eigenvalue weighted by molar-refractivity contribution is -0.0864. The molecule has 2 N–H and O–H groups in total. The lowest BCUT2D eigenvalue weighted by atomic mass is 9.82. The lowest BCUT2D eigenvalue weighted by Gasteiger charge is -2.47. The Labute approximate surface area is 118 Å². The Morgan fingerprint density at radius 3 is 2.58 bits per heavy atom. The highest BCUT2D eigenvalue weighted by Gasteiger charge is 2.39. The fourth-order valence-corrected chi connectivity index (χ4v) is 2.71. The number of likely N-dealkylation sites (N-methyl/N-ethyl adjacent to an activating group) is 1. The molecule has 114 valence electrons. The molecule has 1 rings (SSSR count). The van der Waals surface area contributed by atoms with Crippen LogP contribution in [0.15, 0.2) is 0 Å². The van der Waals surface area contributed by atoms with Gasteiger partial charge in [0.25, 0.3) is 0 Å². The van der Waals surface area contributed by atoms with Gasteiger partial charge in [-0.3, -0.25) is 4.90 Å². The average Bonchev–Trinajstić information content (AvgIpc) is 2.38. The predicted molar refractivity (Wildman–Crippen MR) is 79.3 cm³/mol. The highest BCUT2D eigenvalue weighted by atomic mass is 16.5. The van der Waals surface area contributed by atoms with Crippen molar-refractivity contribution in [3.05, 3.63) is 0 Å². The molecule has 0 aromatic carbocycles. The third kappa shape index (κ3) is 4.71. The Balaban J connectivity index is 2.57. The number of hydrogen-bond donors (Lipinski definition) is 1. The van der Waals surface area contributed by atoms with Crippen LogP contribution < -0.4 is 5.73 Å². The summed E-state index contributed by atoms with van der Waals surface area (Å²) in [6.45, 7) is 11.8. The topological polar surface area (TPSA) is 47.7 Å². The highest BCUT2D eigenvalue weighted by molar-refractivity contribution is 4.95. The van der Waals surface area contributed by atoms with E-state index in [1.165, 1.54) is 0 Å². The molecule has 0 spiro atoms. The van der Waals surface area contributed by atoms with Gasteiger partial charge in [-0.25, -0.2) is 0 Å². The monoisotopic (exact) mass is 272 g/mol. The summed E-state index contributed by atoms with van der Waals surface area (Å²) in [4.78, 5) is 2.38. The van der Waals surface area contributed by atoms with E-state index in [1.54, 1.807) is 0 Å². The summed E-state index contributed by atoms with van der Waals surface area (Å²) in [6.07, 6.45) is 2.66.